The van der Waals surface area contributed by atoms with E-state index in [1.165, 1.54) is 12.8 Å². The van der Waals surface area contributed by atoms with Crippen LogP contribution in [0.3, 0.4) is 0 Å². The molecule has 56 valence electrons. The molecule has 0 atom stereocenters. The van der Waals surface area contributed by atoms with Gasteiger partial charge in [-0.3, -0.25) is 0 Å². The van der Waals surface area contributed by atoms with Gasteiger partial charge in [0.25, 0.3) is 0 Å². The largest absolute Gasteiger partial charge is 0.402 e. The van der Waals surface area contributed by atoms with Gasteiger partial charge in [0.1, 0.15) is 0 Å². The molecule has 0 aliphatic heterocycles. The van der Waals surface area contributed by atoms with E-state index in [4.69, 9.17) is 5.73 Å². The van der Waals surface area contributed by atoms with E-state index in [1.54, 1.807) is 14.2 Å². The molecular formula is C5H15NO2Si. The molecule has 0 aromatic carbocycles. The third-order valence-electron chi connectivity index (χ3n) is 0.858. The number of hydrogen-bond acceptors (Lipinski definition) is 3. The van der Waals surface area contributed by atoms with Gasteiger partial charge in [-0.1, -0.05) is 0 Å². The average molecular weight is 149 g/mol. The highest BCUT2D eigenvalue weighted by atomic mass is 28.3. The topological polar surface area (TPSA) is 44.5 Å². The van der Waals surface area contributed by atoms with Crippen molar-refractivity contribution in [2.45, 2.75) is 18.9 Å². The van der Waals surface area contributed by atoms with Gasteiger partial charge in [0, 0.05) is 20.3 Å². The molecule has 3 nitrogen and oxygen atoms in total. The fourth-order valence-corrected chi connectivity index (χ4v) is 0.450. The molecule has 9 heavy (non-hydrogen) atoms. The van der Waals surface area contributed by atoms with E-state index in [0.717, 1.165) is 0 Å². The van der Waals surface area contributed by atoms with Gasteiger partial charge in [-0.2, -0.15) is 0 Å². The second-order valence-electron chi connectivity index (χ2n) is 2.03. The van der Waals surface area contributed by atoms with Crippen molar-refractivity contribution in [3.8, 4) is 0 Å². The highest BCUT2D eigenvalue weighted by Crippen LogP contribution is 2.13. The van der Waals surface area contributed by atoms with Crippen LogP contribution < -0.4 is 5.73 Å². The van der Waals surface area contributed by atoms with E-state index < -0.39 is 10.0 Å². The summed E-state index contributed by atoms with van der Waals surface area (Å²) in [6.45, 7) is 0. The third-order valence-corrected chi connectivity index (χ3v) is 1.33. The molecule has 1 saturated carbocycles. The molecule has 2 N–H and O–H groups in total. The first-order valence-electron chi connectivity index (χ1n) is 3.04. The fourth-order valence-electron chi connectivity index (χ4n) is 0.214. The third kappa shape index (κ3) is 11.6. The highest BCUT2D eigenvalue weighted by Gasteiger charge is 2.13. The molecule has 0 amide bonds. The molecular weight excluding hydrogens is 134 g/mol. The first kappa shape index (κ1) is 9.10. The van der Waals surface area contributed by atoms with Crippen LogP contribution >= 0.6 is 0 Å². The lowest BCUT2D eigenvalue weighted by atomic mass is 10.8. The Labute approximate surface area is 58.6 Å². The number of nitrogens with two attached hydrogens (primary N) is 1. The summed E-state index contributed by atoms with van der Waals surface area (Å²) in [6, 6.07) is 0.583. The van der Waals surface area contributed by atoms with Crippen LogP contribution in [0.5, 0.6) is 0 Å². The zero-order chi connectivity index (χ0) is 7.11. The van der Waals surface area contributed by atoms with Crippen LogP contribution in [0.4, 0.5) is 0 Å². The minimum atomic E-state index is -0.568. The normalized spacial score (nSPS) is 16.3. The van der Waals surface area contributed by atoms with E-state index in [9.17, 15) is 0 Å². The van der Waals surface area contributed by atoms with Crippen LogP contribution in [0.15, 0.2) is 0 Å². The summed E-state index contributed by atoms with van der Waals surface area (Å²) in [7, 11) is 2.73. The molecule has 0 heterocycles. The van der Waals surface area contributed by atoms with Gasteiger partial charge in [0.15, 0.2) is 0 Å². The van der Waals surface area contributed by atoms with Gasteiger partial charge in [0.05, 0.1) is 0 Å². The number of rotatable bonds is 2. The van der Waals surface area contributed by atoms with E-state index >= 15 is 0 Å². The quantitative estimate of drug-likeness (QED) is 0.532. The van der Waals surface area contributed by atoms with Gasteiger partial charge >= 0.3 is 10.0 Å². The fraction of sp³-hybridized carbons (Fsp3) is 1.00. The SMILES string of the molecule is CO[SiH2]OC.NC1CC1. The lowest BCUT2D eigenvalue weighted by molar-refractivity contribution is 0.309. The Kier molecular flexibility index (Phi) is 6.29. The van der Waals surface area contributed by atoms with Gasteiger partial charge in [-0.05, 0) is 12.8 Å². The lowest BCUT2D eigenvalue weighted by Gasteiger charge is -1.86. The van der Waals surface area contributed by atoms with Crippen molar-refractivity contribution in [3.05, 3.63) is 0 Å². The van der Waals surface area contributed by atoms with E-state index in [0.29, 0.717) is 6.04 Å². The van der Waals surface area contributed by atoms with Crippen molar-refractivity contribution in [2.24, 2.45) is 5.73 Å². The van der Waals surface area contributed by atoms with Gasteiger partial charge < -0.3 is 14.6 Å². The summed E-state index contributed by atoms with van der Waals surface area (Å²) in [4.78, 5) is 0. The monoisotopic (exact) mass is 149 g/mol. The summed E-state index contributed by atoms with van der Waals surface area (Å²) < 4.78 is 9.22. The Balaban J connectivity index is 0.000000144. The van der Waals surface area contributed by atoms with Gasteiger partial charge in [-0.15, -0.1) is 0 Å². The summed E-state index contributed by atoms with van der Waals surface area (Å²) in [6.07, 6.45) is 2.53. The molecule has 0 bridgehead atoms. The van der Waals surface area contributed by atoms with Crippen molar-refractivity contribution >= 4 is 10.0 Å². The van der Waals surface area contributed by atoms with E-state index in [1.807, 2.05) is 0 Å². The van der Waals surface area contributed by atoms with Crippen LogP contribution in [0, 0.1) is 0 Å². The maximum Gasteiger partial charge on any atom is 0.303 e. The van der Waals surface area contributed by atoms with Crippen LogP contribution in [0.2, 0.25) is 0 Å². The first-order valence-corrected chi connectivity index (χ1v) is 4.20. The molecule has 0 aromatic heterocycles. The maximum absolute atomic E-state index is 5.22. The smallest absolute Gasteiger partial charge is 0.303 e. The molecule has 1 rings (SSSR count). The summed E-state index contributed by atoms with van der Waals surface area (Å²) in [5.74, 6) is 0. The second-order valence-corrected chi connectivity index (χ2v) is 3.42. The first-order chi connectivity index (χ1) is 4.31. The molecule has 1 fully saturated rings. The minimum Gasteiger partial charge on any atom is -0.402 e. The van der Waals surface area contributed by atoms with Gasteiger partial charge in [-0.25, -0.2) is 0 Å². The van der Waals surface area contributed by atoms with Crippen LogP contribution in [0.1, 0.15) is 12.8 Å². The molecule has 0 saturated heterocycles. The predicted molar refractivity (Wildman–Crippen MR) is 39.8 cm³/mol. The van der Waals surface area contributed by atoms with Crippen molar-refractivity contribution < 1.29 is 8.85 Å². The molecule has 0 radical (unpaired) electrons. The number of hydrogen-bond donors (Lipinski definition) is 1. The van der Waals surface area contributed by atoms with Crippen LogP contribution in [-0.2, 0) is 8.85 Å². The lowest BCUT2D eigenvalue weighted by Crippen LogP contribution is -1.94. The van der Waals surface area contributed by atoms with Crippen molar-refractivity contribution in [3.63, 3.8) is 0 Å². The molecule has 0 aromatic rings. The van der Waals surface area contributed by atoms with Crippen molar-refractivity contribution in [2.75, 3.05) is 14.2 Å². The Hall–Kier alpha value is 0.0969. The molecule has 0 spiro atoms. The molecule has 1 aliphatic carbocycles. The van der Waals surface area contributed by atoms with E-state index in [2.05, 4.69) is 8.85 Å². The zero-order valence-electron chi connectivity index (χ0n) is 6.09. The summed E-state index contributed by atoms with van der Waals surface area (Å²) in [5, 5.41) is 0. The maximum atomic E-state index is 5.22. The van der Waals surface area contributed by atoms with E-state index in [-0.39, 0.29) is 0 Å². The molecule has 0 unspecified atom stereocenters. The Morgan fingerprint density at radius 3 is 1.67 bits per heavy atom. The minimum absolute atomic E-state index is 0.568. The van der Waals surface area contributed by atoms with Crippen molar-refractivity contribution in [1.82, 2.24) is 0 Å². The van der Waals surface area contributed by atoms with Gasteiger partial charge in [0.2, 0.25) is 0 Å². The second kappa shape index (κ2) is 6.22. The standard InChI is InChI=1S/C3H7N.C2H8O2Si/c4-3-1-2-3;1-3-5-4-2/h3H,1-2,4H2;5H2,1-2H3. The highest BCUT2D eigenvalue weighted by molar-refractivity contribution is 6.17. The average Bonchev–Trinajstić information content (AvgIpc) is 2.55. The van der Waals surface area contributed by atoms with Crippen LogP contribution in [-0.4, -0.2) is 30.3 Å². The van der Waals surface area contributed by atoms with Crippen LogP contribution in [0.25, 0.3) is 0 Å². The summed E-state index contributed by atoms with van der Waals surface area (Å²) >= 11 is 0. The molecule has 1 aliphatic rings. The Morgan fingerprint density at radius 2 is 1.67 bits per heavy atom. The molecule has 4 heteroatoms. The Morgan fingerprint density at radius 1 is 1.33 bits per heavy atom. The summed E-state index contributed by atoms with van der Waals surface area (Å²) in [5.41, 5.74) is 5.22. The zero-order valence-corrected chi connectivity index (χ0v) is 7.51. The predicted octanol–water partition coefficient (Wildman–Crippen LogP) is -0.615. The van der Waals surface area contributed by atoms with Crippen molar-refractivity contribution in [1.29, 1.82) is 0 Å². The Bertz CT molecular complexity index is 56.9.